The van der Waals surface area contributed by atoms with E-state index in [0.29, 0.717) is 0 Å². The van der Waals surface area contributed by atoms with Crippen LogP contribution in [0.1, 0.15) is 0 Å². The van der Waals surface area contributed by atoms with Gasteiger partial charge in [0.15, 0.2) is 0 Å². The lowest BCUT2D eigenvalue weighted by Gasteiger charge is -2.02. The second-order valence-electron chi connectivity index (χ2n) is 3.17. The fraction of sp³-hybridized carbons (Fsp3) is 0. The quantitative estimate of drug-likeness (QED) is 0.551. The third kappa shape index (κ3) is 2.17. The Morgan fingerprint density at radius 2 is 1.14 bits per heavy atom. The maximum atomic E-state index is 4.26. The molecule has 0 radical (unpaired) electrons. The second-order valence-corrected chi connectivity index (χ2v) is 4.35. The van der Waals surface area contributed by atoms with Crippen molar-refractivity contribution in [2.75, 3.05) is 0 Å². The lowest BCUT2D eigenvalue weighted by atomic mass is 10.1. The Kier molecular flexibility index (Phi) is 2.90. The second kappa shape index (κ2) is 4.16. The highest BCUT2D eigenvalue weighted by molar-refractivity contribution is 7.80. The van der Waals surface area contributed by atoms with Gasteiger partial charge in [0.25, 0.3) is 0 Å². The predicted octanol–water partition coefficient (Wildman–Crippen LogP) is 3.14. The van der Waals surface area contributed by atoms with Crippen LogP contribution in [0.15, 0.2) is 53.4 Å². The first-order chi connectivity index (χ1) is 6.75. The summed E-state index contributed by atoms with van der Waals surface area (Å²) in [5.74, 6) is 0. The fourth-order valence-electron chi connectivity index (χ4n) is 1.33. The lowest BCUT2D eigenvalue weighted by molar-refractivity contribution is 1.47. The maximum absolute atomic E-state index is 4.26. The highest BCUT2D eigenvalue weighted by Crippen LogP contribution is 2.20. The molecule has 0 spiro atoms. The first kappa shape index (κ1) is 9.76. The lowest BCUT2D eigenvalue weighted by Crippen LogP contribution is -1.87. The van der Waals surface area contributed by atoms with Crippen LogP contribution in [0.3, 0.4) is 0 Å². The summed E-state index contributed by atoms with van der Waals surface area (Å²) in [6, 6.07) is 16.6. The molecule has 2 aromatic rings. The molecular weight excluding hydrogens is 207 g/mol. The van der Waals surface area contributed by atoms with Gasteiger partial charge in [0, 0.05) is 4.90 Å². The summed E-state index contributed by atoms with van der Waals surface area (Å²) < 4.78 is 0. The van der Waals surface area contributed by atoms with E-state index >= 15 is 0 Å². The molecule has 0 nitrogen and oxygen atoms in total. The van der Waals surface area contributed by atoms with E-state index in [1.807, 2.05) is 12.1 Å². The van der Waals surface area contributed by atoms with Crippen molar-refractivity contribution in [3.05, 3.63) is 48.5 Å². The molecular formula is C12H11PS. The van der Waals surface area contributed by atoms with Gasteiger partial charge in [0.05, 0.1) is 0 Å². The summed E-state index contributed by atoms with van der Waals surface area (Å²) in [7, 11) is 2.68. The van der Waals surface area contributed by atoms with Crippen LogP contribution >= 0.6 is 21.9 Å². The van der Waals surface area contributed by atoms with Crippen LogP contribution in [0, 0.1) is 0 Å². The molecule has 0 aromatic heterocycles. The van der Waals surface area contributed by atoms with Crippen LogP contribution in [0.25, 0.3) is 11.1 Å². The minimum atomic E-state index is 0.997. The van der Waals surface area contributed by atoms with Gasteiger partial charge in [0.2, 0.25) is 0 Å². The Balaban J connectivity index is 2.40. The monoisotopic (exact) mass is 218 g/mol. The zero-order valence-electron chi connectivity index (χ0n) is 7.64. The zero-order valence-corrected chi connectivity index (χ0v) is 9.69. The molecule has 0 bridgehead atoms. The van der Waals surface area contributed by atoms with Gasteiger partial charge >= 0.3 is 0 Å². The molecule has 0 saturated carbocycles. The SMILES string of the molecule is Pc1ccc(-c2ccc(S)cc2)cc1. The molecule has 2 aromatic carbocycles. The smallest absolute Gasteiger partial charge is 0.00404 e. The normalized spacial score (nSPS) is 10.1. The fourth-order valence-corrected chi connectivity index (χ4v) is 1.67. The number of hydrogen-bond donors (Lipinski definition) is 1. The largest absolute Gasteiger partial charge is 0.143 e. The van der Waals surface area contributed by atoms with Crippen LogP contribution in [0.5, 0.6) is 0 Å². The highest BCUT2D eigenvalue weighted by atomic mass is 32.1. The van der Waals surface area contributed by atoms with E-state index < -0.39 is 0 Å². The molecule has 1 unspecified atom stereocenters. The summed E-state index contributed by atoms with van der Waals surface area (Å²) >= 11 is 4.26. The third-order valence-electron chi connectivity index (χ3n) is 2.11. The Morgan fingerprint density at radius 1 is 0.714 bits per heavy atom. The molecule has 0 fully saturated rings. The van der Waals surface area contributed by atoms with E-state index in [4.69, 9.17) is 0 Å². The summed E-state index contributed by atoms with van der Waals surface area (Å²) in [6.07, 6.45) is 0. The van der Waals surface area contributed by atoms with Gasteiger partial charge in [-0.15, -0.1) is 21.9 Å². The van der Waals surface area contributed by atoms with Crippen molar-refractivity contribution >= 4 is 27.2 Å². The van der Waals surface area contributed by atoms with Gasteiger partial charge in [-0.3, -0.25) is 0 Å². The van der Waals surface area contributed by atoms with Gasteiger partial charge in [-0.1, -0.05) is 36.4 Å². The Morgan fingerprint density at radius 3 is 1.64 bits per heavy atom. The van der Waals surface area contributed by atoms with E-state index in [1.165, 1.54) is 16.4 Å². The molecule has 0 aliphatic heterocycles. The standard InChI is InChI=1S/C12H11PS/c13-11-5-1-9(2-6-11)10-3-7-12(14)8-4-10/h1-8,14H,13H2. The van der Waals surface area contributed by atoms with Crippen molar-refractivity contribution < 1.29 is 0 Å². The van der Waals surface area contributed by atoms with E-state index in [0.717, 1.165) is 4.90 Å². The summed E-state index contributed by atoms with van der Waals surface area (Å²) in [5.41, 5.74) is 2.47. The molecule has 0 aliphatic rings. The Bertz CT molecular complexity index is 374. The number of rotatable bonds is 1. The summed E-state index contributed by atoms with van der Waals surface area (Å²) in [6.45, 7) is 0. The van der Waals surface area contributed by atoms with E-state index in [9.17, 15) is 0 Å². The Hall–Kier alpha value is -0.780. The number of hydrogen-bond acceptors (Lipinski definition) is 1. The average Bonchev–Trinajstić information content (AvgIpc) is 2.21. The van der Waals surface area contributed by atoms with Gasteiger partial charge in [-0.05, 0) is 28.6 Å². The van der Waals surface area contributed by atoms with Gasteiger partial charge < -0.3 is 0 Å². The van der Waals surface area contributed by atoms with Crippen molar-refractivity contribution in [3.8, 4) is 11.1 Å². The van der Waals surface area contributed by atoms with Crippen molar-refractivity contribution in [2.45, 2.75) is 4.90 Å². The highest BCUT2D eigenvalue weighted by Gasteiger charge is 1.95. The van der Waals surface area contributed by atoms with Crippen LogP contribution in [0.2, 0.25) is 0 Å². The van der Waals surface area contributed by atoms with Gasteiger partial charge in [-0.2, -0.15) is 0 Å². The summed E-state index contributed by atoms with van der Waals surface area (Å²) in [5, 5.41) is 1.21. The average molecular weight is 218 g/mol. The van der Waals surface area contributed by atoms with E-state index in [1.54, 1.807) is 0 Å². The van der Waals surface area contributed by atoms with E-state index in [2.05, 4.69) is 58.3 Å². The molecule has 70 valence electrons. The van der Waals surface area contributed by atoms with Crippen molar-refractivity contribution in [1.29, 1.82) is 0 Å². The predicted molar refractivity (Wildman–Crippen MR) is 68.5 cm³/mol. The van der Waals surface area contributed by atoms with Crippen LogP contribution in [0.4, 0.5) is 0 Å². The first-order valence-electron chi connectivity index (χ1n) is 4.41. The molecule has 0 aliphatic carbocycles. The van der Waals surface area contributed by atoms with Gasteiger partial charge in [-0.25, -0.2) is 0 Å². The minimum Gasteiger partial charge on any atom is -0.143 e. The molecule has 0 amide bonds. The van der Waals surface area contributed by atoms with Crippen molar-refractivity contribution in [2.24, 2.45) is 0 Å². The Labute approximate surface area is 92.0 Å². The summed E-state index contributed by atoms with van der Waals surface area (Å²) in [4.78, 5) is 0.997. The molecule has 14 heavy (non-hydrogen) atoms. The van der Waals surface area contributed by atoms with Crippen molar-refractivity contribution in [3.63, 3.8) is 0 Å². The maximum Gasteiger partial charge on any atom is 0.00404 e. The van der Waals surface area contributed by atoms with Crippen LogP contribution in [-0.2, 0) is 0 Å². The first-order valence-corrected chi connectivity index (χ1v) is 5.43. The molecule has 0 N–H and O–H groups in total. The minimum absolute atomic E-state index is 0.997. The molecule has 2 heteroatoms. The number of benzene rings is 2. The van der Waals surface area contributed by atoms with Crippen LogP contribution < -0.4 is 5.30 Å². The topological polar surface area (TPSA) is 0 Å². The van der Waals surface area contributed by atoms with Crippen molar-refractivity contribution in [1.82, 2.24) is 0 Å². The number of thiol groups is 1. The van der Waals surface area contributed by atoms with E-state index in [-0.39, 0.29) is 0 Å². The molecule has 0 saturated heterocycles. The van der Waals surface area contributed by atoms with Gasteiger partial charge in [0.1, 0.15) is 0 Å². The molecule has 2 rings (SSSR count). The molecule has 1 atom stereocenters. The van der Waals surface area contributed by atoms with Crippen LogP contribution in [-0.4, -0.2) is 0 Å². The zero-order chi connectivity index (χ0) is 9.97. The third-order valence-corrected chi connectivity index (χ3v) is 2.79. The molecule has 0 heterocycles.